The van der Waals surface area contributed by atoms with Crippen molar-refractivity contribution in [3.8, 4) is 5.75 Å². The lowest BCUT2D eigenvalue weighted by Gasteiger charge is -2.28. The Kier molecular flexibility index (Phi) is 11.3. The number of hydrogen-bond donors (Lipinski definition) is 5. The number of likely N-dealkylation sites (tertiary alicyclic amines) is 1. The molecule has 0 aliphatic carbocycles. The molecule has 4 atom stereocenters. The van der Waals surface area contributed by atoms with Crippen molar-refractivity contribution in [2.75, 3.05) is 18.1 Å². The molecule has 38 heavy (non-hydrogen) atoms. The van der Waals surface area contributed by atoms with Crippen molar-refractivity contribution in [3.63, 3.8) is 0 Å². The van der Waals surface area contributed by atoms with Crippen molar-refractivity contribution in [3.05, 3.63) is 29.8 Å². The third kappa shape index (κ3) is 9.43. The zero-order valence-electron chi connectivity index (χ0n) is 21.8. The number of rotatable bonds is 12. The molecule has 5 N–H and O–H groups in total. The van der Waals surface area contributed by atoms with Crippen LogP contribution >= 0.6 is 21.6 Å². The molecular weight excluding hydrogens is 534 g/mol. The van der Waals surface area contributed by atoms with Crippen LogP contribution in [0.15, 0.2) is 24.3 Å². The molecule has 210 valence electrons. The molecule has 3 amide bonds. The predicted molar refractivity (Wildman–Crippen MR) is 145 cm³/mol. The van der Waals surface area contributed by atoms with Gasteiger partial charge in [-0.1, -0.05) is 54.5 Å². The number of phenols is 1. The van der Waals surface area contributed by atoms with Gasteiger partial charge >= 0.3 is 11.9 Å². The molecule has 1 aliphatic rings. The quantitative estimate of drug-likeness (QED) is 0.185. The first-order chi connectivity index (χ1) is 17.7. The predicted octanol–water partition coefficient (Wildman–Crippen LogP) is 2.05. The monoisotopic (exact) mass is 569 g/mol. The van der Waals surface area contributed by atoms with Crippen LogP contribution in [-0.4, -0.2) is 86.1 Å². The number of carboxylic acid groups (broad SMARTS) is 2. The fraction of sp³-hybridized carbons (Fsp3) is 0.560. The Balaban J connectivity index is 2.00. The molecule has 11 nitrogen and oxygen atoms in total. The van der Waals surface area contributed by atoms with Crippen LogP contribution in [0.25, 0.3) is 0 Å². The number of nitrogens with one attached hydrogen (secondary N) is 2. The fourth-order valence-electron chi connectivity index (χ4n) is 4.11. The molecule has 1 saturated heterocycles. The van der Waals surface area contributed by atoms with Crippen LogP contribution in [-0.2, 0) is 24.0 Å². The van der Waals surface area contributed by atoms with Crippen molar-refractivity contribution in [1.29, 1.82) is 0 Å². The molecule has 0 radical (unpaired) electrons. The Morgan fingerprint density at radius 3 is 1.97 bits per heavy atom. The van der Waals surface area contributed by atoms with Crippen molar-refractivity contribution in [1.82, 2.24) is 15.5 Å². The maximum atomic E-state index is 13.2. The van der Waals surface area contributed by atoms with E-state index in [9.17, 15) is 39.3 Å². The van der Waals surface area contributed by atoms with E-state index in [2.05, 4.69) is 10.6 Å². The van der Waals surface area contributed by atoms with Gasteiger partial charge < -0.3 is 30.9 Å². The first-order valence-electron chi connectivity index (χ1n) is 12.1. The van der Waals surface area contributed by atoms with Crippen LogP contribution in [0.3, 0.4) is 0 Å². The van der Waals surface area contributed by atoms with Crippen molar-refractivity contribution >= 4 is 51.2 Å². The highest BCUT2D eigenvalue weighted by Gasteiger charge is 2.42. The molecule has 0 aromatic heterocycles. The summed E-state index contributed by atoms with van der Waals surface area (Å²) in [5.41, 5.74) is 0.442. The molecule has 1 aromatic rings. The molecule has 1 heterocycles. The Hall–Kier alpha value is -2.93. The van der Waals surface area contributed by atoms with Gasteiger partial charge in [-0.15, -0.1) is 0 Å². The van der Waals surface area contributed by atoms with Gasteiger partial charge in [0.25, 0.3) is 0 Å². The summed E-state index contributed by atoms with van der Waals surface area (Å²) in [6.45, 7) is 7.27. The maximum absolute atomic E-state index is 13.2. The highest BCUT2D eigenvalue weighted by molar-refractivity contribution is 8.76. The summed E-state index contributed by atoms with van der Waals surface area (Å²) in [6.07, 6.45) is 0.660. The molecule has 2 unspecified atom stereocenters. The lowest BCUT2D eigenvalue weighted by atomic mass is 9.91. The summed E-state index contributed by atoms with van der Waals surface area (Å²) in [6, 6.07) is 2.98. The van der Waals surface area contributed by atoms with Gasteiger partial charge in [0.2, 0.25) is 17.7 Å². The minimum Gasteiger partial charge on any atom is -0.508 e. The average Bonchev–Trinajstić information content (AvgIpc) is 3.24. The zero-order valence-corrected chi connectivity index (χ0v) is 23.4. The summed E-state index contributed by atoms with van der Waals surface area (Å²) >= 11 is 0. The van der Waals surface area contributed by atoms with E-state index >= 15 is 0 Å². The highest BCUT2D eigenvalue weighted by atomic mass is 33.1. The van der Waals surface area contributed by atoms with Gasteiger partial charge in [-0.3, -0.25) is 14.4 Å². The number of phenolic OH excluding ortho intramolecular Hbond substituents is 1. The normalized spacial score (nSPS) is 18.9. The van der Waals surface area contributed by atoms with Crippen molar-refractivity contribution in [2.24, 2.45) is 5.41 Å². The summed E-state index contributed by atoms with van der Waals surface area (Å²) in [5, 5.41) is 33.7. The Morgan fingerprint density at radius 2 is 1.50 bits per heavy atom. The Labute approximate surface area is 229 Å². The van der Waals surface area contributed by atoms with Gasteiger partial charge in [0.05, 0.1) is 0 Å². The minimum absolute atomic E-state index is 0.000164. The molecule has 0 saturated carbocycles. The molecule has 2 rings (SSSR count). The number of nitrogens with zero attached hydrogens (tertiary/aromatic N) is 1. The first kappa shape index (κ1) is 31.3. The topological polar surface area (TPSA) is 173 Å². The number of carbonyl (C=O) groups is 5. The summed E-state index contributed by atoms with van der Waals surface area (Å²) < 4.78 is 0. The third-order valence-corrected chi connectivity index (χ3v) is 8.31. The summed E-state index contributed by atoms with van der Waals surface area (Å²) in [5.74, 6) is -4.14. The van der Waals surface area contributed by atoms with Gasteiger partial charge in [0, 0.05) is 37.3 Å². The second-order valence-electron chi connectivity index (χ2n) is 10.3. The summed E-state index contributed by atoms with van der Waals surface area (Å²) in [4.78, 5) is 62.4. The lowest BCUT2D eigenvalue weighted by Crippen LogP contribution is -2.52. The largest absolute Gasteiger partial charge is 0.508 e. The Bertz CT molecular complexity index is 1030. The molecule has 13 heteroatoms. The van der Waals surface area contributed by atoms with E-state index in [4.69, 9.17) is 0 Å². The van der Waals surface area contributed by atoms with Crippen molar-refractivity contribution < 1.29 is 39.3 Å². The molecule has 0 bridgehead atoms. The van der Waals surface area contributed by atoms with Crippen molar-refractivity contribution in [2.45, 2.75) is 64.6 Å². The van der Waals surface area contributed by atoms with E-state index in [0.29, 0.717) is 13.0 Å². The summed E-state index contributed by atoms with van der Waals surface area (Å²) in [7, 11) is 2.14. The highest BCUT2D eigenvalue weighted by Crippen LogP contribution is 2.35. The number of carboxylic acids is 2. The van der Waals surface area contributed by atoms with E-state index in [-0.39, 0.29) is 46.8 Å². The lowest BCUT2D eigenvalue weighted by molar-refractivity contribution is -0.143. The van der Waals surface area contributed by atoms with Gasteiger partial charge in [0.1, 0.15) is 23.9 Å². The number of hydrogen-bond acceptors (Lipinski definition) is 8. The minimum atomic E-state index is -1.28. The van der Waals surface area contributed by atoms with E-state index in [1.54, 1.807) is 12.1 Å². The SMILES string of the molecule is CC(=O)N1CCC(c2ccc(O)cc2)C1C(=O)N[C@@H](CSSC[C@H](NC(=O)CC(C)(C)C)C(=O)O)C(=O)O. The number of carbonyl (C=O) groups excluding carboxylic acids is 3. The van der Waals surface area contributed by atoms with Crippen LogP contribution < -0.4 is 10.6 Å². The number of aromatic hydroxyl groups is 1. The van der Waals surface area contributed by atoms with E-state index < -0.39 is 36.0 Å². The molecule has 1 aromatic carbocycles. The van der Waals surface area contributed by atoms with E-state index in [1.807, 2.05) is 20.8 Å². The van der Waals surface area contributed by atoms with Crippen LogP contribution in [0.5, 0.6) is 5.75 Å². The van der Waals surface area contributed by atoms with Crippen LogP contribution in [0.2, 0.25) is 0 Å². The van der Waals surface area contributed by atoms with Gasteiger partial charge in [-0.05, 0) is 29.5 Å². The molecule has 0 spiro atoms. The molecular formula is C25H35N3O8S2. The van der Waals surface area contributed by atoms with Gasteiger partial charge in [-0.25, -0.2) is 9.59 Å². The second-order valence-corrected chi connectivity index (χ2v) is 12.9. The number of aliphatic carboxylic acids is 2. The molecule has 1 fully saturated rings. The van der Waals surface area contributed by atoms with Crippen LogP contribution in [0.4, 0.5) is 0 Å². The molecule has 1 aliphatic heterocycles. The second kappa shape index (κ2) is 13.7. The Morgan fingerprint density at radius 1 is 0.974 bits per heavy atom. The van der Waals surface area contributed by atoms with Crippen LogP contribution in [0, 0.1) is 5.41 Å². The fourth-order valence-corrected chi connectivity index (χ4v) is 6.42. The van der Waals surface area contributed by atoms with E-state index in [1.165, 1.54) is 24.0 Å². The third-order valence-electron chi connectivity index (χ3n) is 5.88. The van der Waals surface area contributed by atoms with Gasteiger partial charge in [-0.2, -0.15) is 0 Å². The maximum Gasteiger partial charge on any atom is 0.327 e. The average molecular weight is 570 g/mol. The number of amides is 3. The van der Waals surface area contributed by atoms with E-state index in [0.717, 1.165) is 27.2 Å². The standard InChI is InChI=1S/C25H35N3O8S2/c1-14(29)28-10-9-17(15-5-7-16(30)8-6-15)21(28)22(32)27-19(24(35)36)13-38-37-12-18(23(33)34)26-20(31)11-25(2,3)4/h5-8,17-19,21,30H,9-13H2,1-4H3,(H,26,31)(H,27,32)(H,33,34)(H,35,36)/t17?,18-,19-,21?/m0/s1. The number of benzene rings is 1. The first-order valence-corrected chi connectivity index (χ1v) is 14.5. The smallest absolute Gasteiger partial charge is 0.327 e. The zero-order chi connectivity index (χ0) is 28.6. The van der Waals surface area contributed by atoms with Crippen LogP contribution in [0.1, 0.15) is 52.0 Å². The van der Waals surface area contributed by atoms with Gasteiger partial charge in [0.15, 0.2) is 0 Å².